The van der Waals surface area contributed by atoms with Crippen molar-refractivity contribution in [3.05, 3.63) is 82.9 Å². The van der Waals surface area contributed by atoms with Gasteiger partial charge >= 0.3 is 18.4 Å². The Morgan fingerprint density at radius 3 is 1.88 bits per heavy atom. The zero-order valence-electron chi connectivity index (χ0n) is 30.3. The van der Waals surface area contributed by atoms with Crippen LogP contribution in [0.2, 0.25) is 0 Å². The van der Waals surface area contributed by atoms with Gasteiger partial charge in [-0.05, 0) is 125 Å². The number of nitrogens with one attached hydrogen (secondary N) is 1. The summed E-state index contributed by atoms with van der Waals surface area (Å²) in [7, 11) is 0. The van der Waals surface area contributed by atoms with Crippen molar-refractivity contribution in [3.63, 3.8) is 0 Å². The van der Waals surface area contributed by atoms with Crippen molar-refractivity contribution < 1.29 is 35.9 Å². The minimum atomic E-state index is -4.88. The van der Waals surface area contributed by atoms with Crippen molar-refractivity contribution in [2.24, 2.45) is 4.99 Å². The van der Waals surface area contributed by atoms with Gasteiger partial charge in [-0.15, -0.1) is 0 Å². The van der Waals surface area contributed by atoms with Crippen molar-refractivity contribution in [1.29, 1.82) is 10.5 Å². The summed E-state index contributed by atoms with van der Waals surface area (Å²) in [4.78, 5) is 24.1. The standard InChI is InChI=1S/C38H34F6N8O2S2/c1-35(2,3)54-34(53)50-17-15-49(16-18-50)26-9-11-27(12-10-26)52-33(56)51(28-8-6-24(22-46)30(20-28)38(42,43)44)31(36(52)13-4-14-36)48-32(55)47-25-7-5-23(21-45)29(19-25)37(39,40)41/h5-12,19-20H,4,13-18H2,1-3H3,(H,47,55)/b48-31+. The molecule has 10 nitrogen and oxygen atoms in total. The summed E-state index contributed by atoms with van der Waals surface area (Å²) in [5.74, 6) is 0.149. The Hall–Kier alpha value is -5.46. The molecular formula is C38H34F6N8O2S2. The zero-order valence-corrected chi connectivity index (χ0v) is 31.9. The highest BCUT2D eigenvalue weighted by Gasteiger charge is 2.58. The Morgan fingerprint density at radius 2 is 1.36 bits per heavy atom. The van der Waals surface area contributed by atoms with Gasteiger partial charge in [-0.25, -0.2) is 9.79 Å². The Kier molecular flexibility index (Phi) is 10.7. The number of thiocarbonyl (C=S) groups is 2. The lowest BCUT2D eigenvalue weighted by Crippen LogP contribution is -2.55. The Labute approximate surface area is 329 Å². The van der Waals surface area contributed by atoms with E-state index in [9.17, 15) is 41.7 Å². The van der Waals surface area contributed by atoms with E-state index in [0.717, 1.165) is 30.0 Å². The summed E-state index contributed by atoms with van der Waals surface area (Å²) in [5.41, 5.74) is -3.87. The number of nitrogens with zero attached hydrogens (tertiary/aromatic N) is 7. The Bertz CT molecular complexity index is 2180. The molecule has 6 rings (SSSR count). The van der Waals surface area contributed by atoms with Gasteiger partial charge in [0.2, 0.25) is 0 Å². The molecule has 3 fully saturated rings. The largest absolute Gasteiger partial charge is 0.444 e. The maximum atomic E-state index is 14.2. The molecule has 1 saturated carbocycles. The van der Waals surface area contributed by atoms with Crippen LogP contribution in [0.1, 0.15) is 62.3 Å². The molecule has 56 heavy (non-hydrogen) atoms. The number of rotatable bonds is 4. The number of piperazine rings is 1. The summed E-state index contributed by atoms with van der Waals surface area (Å²) in [5, 5.41) is 21.1. The number of carbonyl (C=O) groups is 1. The molecule has 3 aromatic carbocycles. The van der Waals surface area contributed by atoms with Crippen molar-refractivity contribution >= 4 is 69.3 Å². The number of nitriles is 2. The van der Waals surface area contributed by atoms with Crippen molar-refractivity contribution in [2.75, 3.05) is 46.2 Å². The topological polar surface area (TPSA) is 111 Å². The molecule has 1 N–H and O–H groups in total. The molecule has 1 amide bonds. The predicted molar refractivity (Wildman–Crippen MR) is 207 cm³/mol. The molecular weight excluding hydrogens is 779 g/mol. The Morgan fingerprint density at radius 1 is 0.821 bits per heavy atom. The molecule has 1 aliphatic carbocycles. The van der Waals surface area contributed by atoms with Gasteiger partial charge in [0.15, 0.2) is 10.2 Å². The van der Waals surface area contributed by atoms with E-state index in [0.29, 0.717) is 51.1 Å². The van der Waals surface area contributed by atoms with Crippen LogP contribution in [0, 0.1) is 22.7 Å². The number of anilines is 4. The number of ether oxygens (including phenoxy) is 1. The van der Waals surface area contributed by atoms with Crippen molar-refractivity contribution in [2.45, 2.75) is 63.5 Å². The average Bonchev–Trinajstić information content (AvgIpc) is 3.37. The predicted octanol–water partition coefficient (Wildman–Crippen LogP) is 8.85. The number of amidine groups is 1. The van der Waals surface area contributed by atoms with Gasteiger partial charge < -0.3 is 24.8 Å². The summed E-state index contributed by atoms with van der Waals surface area (Å²) in [6, 6.07) is 16.6. The highest BCUT2D eigenvalue weighted by Crippen LogP contribution is 2.49. The first-order chi connectivity index (χ1) is 26.3. The van der Waals surface area contributed by atoms with E-state index in [1.807, 2.05) is 24.3 Å². The fraction of sp³-hybridized carbons (Fsp3) is 0.368. The molecule has 3 aromatic rings. The lowest BCUT2D eigenvalue weighted by Gasteiger charge is -2.45. The molecule has 0 bridgehead atoms. The average molecular weight is 813 g/mol. The number of halogens is 6. The molecule has 0 atom stereocenters. The van der Waals surface area contributed by atoms with Gasteiger partial charge in [0, 0.05) is 43.2 Å². The minimum Gasteiger partial charge on any atom is -0.444 e. The molecule has 1 spiro atoms. The van der Waals surface area contributed by atoms with Crippen LogP contribution < -0.4 is 20.0 Å². The van der Waals surface area contributed by atoms with E-state index in [-0.39, 0.29) is 33.5 Å². The van der Waals surface area contributed by atoms with Crippen LogP contribution in [0.3, 0.4) is 0 Å². The molecule has 2 aliphatic heterocycles. The fourth-order valence-corrected chi connectivity index (χ4v) is 7.55. The molecule has 2 saturated heterocycles. The first-order valence-corrected chi connectivity index (χ1v) is 18.2. The second-order valence-corrected chi connectivity index (χ2v) is 15.1. The second-order valence-electron chi connectivity index (χ2n) is 14.4. The summed E-state index contributed by atoms with van der Waals surface area (Å²) >= 11 is 11.5. The number of aliphatic imine (C=N–C) groups is 1. The van der Waals surface area contributed by atoms with E-state index in [2.05, 4.69) is 15.2 Å². The van der Waals surface area contributed by atoms with E-state index in [4.69, 9.17) is 29.2 Å². The van der Waals surface area contributed by atoms with Crippen LogP contribution in [-0.2, 0) is 17.1 Å². The molecule has 0 aromatic heterocycles. The van der Waals surface area contributed by atoms with Crippen LogP contribution in [-0.4, -0.2) is 64.4 Å². The van der Waals surface area contributed by atoms with Gasteiger partial charge in [-0.3, -0.25) is 4.90 Å². The quantitative estimate of drug-likeness (QED) is 0.203. The number of benzene rings is 3. The third-order valence-electron chi connectivity index (χ3n) is 9.62. The van der Waals surface area contributed by atoms with Crippen LogP contribution in [0.25, 0.3) is 0 Å². The van der Waals surface area contributed by atoms with Gasteiger partial charge in [0.1, 0.15) is 17.0 Å². The molecule has 0 radical (unpaired) electrons. The van der Waals surface area contributed by atoms with Crippen LogP contribution in [0.5, 0.6) is 0 Å². The van der Waals surface area contributed by atoms with Crippen molar-refractivity contribution in [3.8, 4) is 12.1 Å². The van der Waals surface area contributed by atoms with E-state index in [1.165, 1.54) is 23.1 Å². The maximum Gasteiger partial charge on any atom is 0.417 e. The number of hydrogen-bond donors (Lipinski definition) is 1. The SMILES string of the molecule is CC(C)(C)OC(=O)N1CCN(c2ccc(N3C(=S)N(c4ccc(C#N)c(C(F)(F)F)c4)/C(=N/C(=S)Nc4ccc(C#N)c(C(F)(F)F)c4)C34CCC4)cc2)CC1. The maximum absolute atomic E-state index is 14.2. The second kappa shape index (κ2) is 14.9. The summed E-state index contributed by atoms with van der Waals surface area (Å²) in [6.07, 6.45) is -8.50. The number of amides is 1. The first-order valence-electron chi connectivity index (χ1n) is 17.4. The van der Waals surface area contributed by atoms with Gasteiger partial charge in [-0.1, -0.05) is 0 Å². The van der Waals surface area contributed by atoms with E-state index in [1.54, 1.807) is 36.6 Å². The molecule has 2 heterocycles. The van der Waals surface area contributed by atoms with Gasteiger partial charge in [-0.2, -0.15) is 36.9 Å². The number of carbonyl (C=O) groups excluding carboxylic acids is 1. The lowest BCUT2D eigenvalue weighted by molar-refractivity contribution is -0.138. The molecule has 292 valence electrons. The normalized spacial score (nSPS) is 17.8. The fourth-order valence-electron chi connectivity index (χ4n) is 6.88. The lowest BCUT2D eigenvalue weighted by atomic mass is 9.74. The highest BCUT2D eigenvalue weighted by atomic mass is 32.1. The monoisotopic (exact) mass is 812 g/mol. The van der Waals surface area contributed by atoms with E-state index >= 15 is 0 Å². The number of hydrogen-bond acceptors (Lipinski definition) is 7. The number of alkyl halides is 6. The van der Waals surface area contributed by atoms with Gasteiger partial charge in [0.05, 0.1) is 40.1 Å². The zero-order chi connectivity index (χ0) is 40.8. The molecule has 3 aliphatic rings. The third kappa shape index (κ3) is 7.94. The minimum absolute atomic E-state index is 0.0474. The molecule has 0 unspecified atom stereocenters. The van der Waals surface area contributed by atoms with Crippen LogP contribution in [0.4, 0.5) is 53.9 Å². The summed E-state index contributed by atoms with van der Waals surface area (Å²) in [6.45, 7) is 7.40. The van der Waals surface area contributed by atoms with E-state index < -0.39 is 45.7 Å². The first kappa shape index (κ1) is 40.2. The molecule has 18 heteroatoms. The van der Waals surface area contributed by atoms with Crippen LogP contribution >= 0.6 is 24.4 Å². The van der Waals surface area contributed by atoms with Crippen LogP contribution in [0.15, 0.2) is 65.7 Å². The Balaban J connectivity index is 1.35. The van der Waals surface area contributed by atoms with Gasteiger partial charge in [0.25, 0.3) is 0 Å². The highest BCUT2D eigenvalue weighted by molar-refractivity contribution is 7.81. The summed E-state index contributed by atoms with van der Waals surface area (Å²) < 4.78 is 89.3. The third-order valence-corrected chi connectivity index (χ3v) is 10.2. The van der Waals surface area contributed by atoms with Crippen molar-refractivity contribution in [1.82, 2.24) is 4.90 Å². The smallest absolute Gasteiger partial charge is 0.417 e.